The number of benzene rings is 1. The summed E-state index contributed by atoms with van der Waals surface area (Å²) in [5.74, 6) is -0.701. The first-order valence-electron chi connectivity index (χ1n) is 3.53. The molecule has 0 aliphatic rings. The maximum Gasteiger partial charge on any atom is 0.274 e. The van der Waals surface area contributed by atoms with Gasteiger partial charge in [-0.05, 0) is 0 Å². The van der Waals surface area contributed by atoms with Gasteiger partial charge in [-0.15, -0.1) is 0 Å². The molecule has 1 aromatic carbocycles. The number of nitrogens with zero attached hydrogens (tertiary/aromatic N) is 1. The molecule has 0 spiro atoms. The lowest BCUT2D eigenvalue weighted by Crippen LogP contribution is -2.14. The first-order valence-corrected chi connectivity index (χ1v) is 5.08. The van der Waals surface area contributed by atoms with E-state index in [1.165, 1.54) is 0 Å². The van der Waals surface area contributed by atoms with E-state index >= 15 is 0 Å². The second kappa shape index (κ2) is 3.37. The van der Waals surface area contributed by atoms with Crippen LogP contribution in [-0.4, -0.2) is 18.4 Å². The summed E-state index contributed by atoms with van der Waals surface area (Å²) in [4.78, 5) is 8.82. The van der Waals surface area contributed by atoms with Gasteiger partial charge in [0, 0.05) is 6.07 Å². The third kappa shape index (κ3) is 2.14. The summed E-state index contributed by atoms with van der Waals surface area (Å²) in [5.41, 5.74) is 4.09. The van der Waals surface area contributed by atoms with E-state index in [4.69, 9.17) is 16.0 Å². The minimum Gasteiger partial charge on any atom is -0.505 e. The Morgan fingerprint density at radius 1 is 1.40 bits per heavy atom. The second-order valence-electron chi connectivity index (χ2n) is 2.68. The van der Waals surface area contributed by atoms with E-state index in [0.29, 0.717) is 6.07 Å². The Bertz CT molecular complexity index is 524. The number of primary sulfonamides is 1. The number of phenols is 1. The van der Waals surface area contributed by atoms with Crippen LogP contribution in [0.2, 0.25) is 0 Å². The molecule has 0 radical (unpaired) electrons. The highest BCUT2D eigenvalue weighted by Crippen LogP contribution is 2.32. The molecule has 0 heterocycles. The predicted molar refractivity (Wildman–Crippen MR) is 50.5 cm³/mol. The van der Waals surface area contributed by atoms with Gasteiger partial charge in [-0.1, -0.05) is 0 Å². The number of aromatic hydroxyl groups is 1. The summed E-state index contributed by atoms with van der Waals surface area (Å²) in [7, 11) is -4.20. The average molecular weight is 233 g/mol. The lowest BCUT2D eigenvalue weighted by Gasteiger charge is -2.04. The number of anilines is 1. The molecule has 0 amide bonds. The molecule has 8 nitrogen and oxygen atoms in total. The Morgan fingerprint density at radius 2 is 1.93 bits per heavy atom. The topological polar surface area (TPSA) is 150 Å². The van der Waals surface area contributed by atoms with E-state index in [-0.39, 0.29) is 0 Å². The maximum atomic E-state index is 10.9. The molecular formula is C6H7N3O5S. The summed E-state index contributed by atoms with van der Waals surface area (Å²) in [5, 5.41) is 24.3. The zero-order chi connectivity index (χ0) is 11.8. The second-order valence-corrected chi connectivity index (χ2v) is 4.21. The van der Waals surface area contributed by atoms with Crippen molar-refractivity contribution in [3.8, 4) is 5.75 Å². The molecule has 0 aliphatic carbocycles. The molecule has 0 saturated carbocycles. The molecule has 0 aliphatic heterocycles. The van der Waals surface area contributed by atoms with Crippen molar-refractivity contribution >= 4 is 21.4 Å². The SMILES string of the molecule is Nc1c(O)cc([N+](=O)[O-])cc1S(N)(=O)=O. The molecule has 0 aromatic heterocycles. The van der Waals surface area contributed by atoms with Gasteiger partial charge in [0.15, 0.2) is 0 Å². The van der Waals surface area contributed by atoms with Crippen molar-refractivity contribution < 1.29 is 18.4 Å². The average Bonchev–Trinajstić information content (AvgIpc) is 2.06. The molecule has 5 N–H and O–H groups in total. The summed E-state index contributed by atoms with van der Waals surface area (Å²) in [6.07, 6.45) is 0. The third-order valence-electron chi connectivity index (χ3n) is 1.62. The van der Waals surface area contributed by atoms with E-state index in [9.17, 15) is 18.5 Å². The van der Waals surface area contributed by atoms with Gasteiger partial charge in [0.05, 0.1) is 16.7 Å². The first-order chi connectivity index (χ1) is 6.73. The number of hydrogen-bond acceptors (Lipinski definition) is 6. The van der Waals surface area contributed by atoms with Gasteiger partial charge in [0.25, 0.3) is 5.69 Å². The van der Waals surface area contributed by atoms with Crippen LogP contribution < -0.4 is 10.9 Å². The number of hydrogen-bond donors (Lipinski definition) is 3. The van der Waals surface area contributed by atoms with Crippen LogP contribution in [0.5, 0.6) is 5.75 Å². The van der Waals surface area contributed by atoms with Crippen molar-refractivity contribution in [2.24, 2.45) is 5.14 Å². The molecule has 0 bridgehead atoms. The fourth-order valence-electron chi connectivity index (χ4n) is 0.939. The normalized spacial score (nSPS) is 11.3. The van der Waals surface area contributed by atoms with Crippen molar-refractivity contribution in [3.05, 3.63) is 22.2 Å². The smallest absolute Gasteiger partial charge is 0.274 e. The van der Waals surface area contributed by atoms with Crippen LogP contribution in [0, 0.1) is 10.1 Å². The summed E-state index contributed by atoms with van der Waals surface area (Å²) >= 11 is 0. The minimum atomic E-state index is -4.20. The number of nitro groups is 1. The molecule has 15 heavy (non-hydrogen) atoms. The van der Waals surface area contributed by atoms with E-state index < -0.39 is 37.0 Å². The Hall–Kier alpha value is -1.87. The number of nitrogens with two attached hydrogens (primary N) is 2. The molecular weight excluding hydrogens is 226 g/mol. The molecule has 82 valence electrons. The van der Waals surface area contributed by atoms with Crippen LogP contribution in [0.4, 0.5) is 11.4 Å². The lowest BCUT2D eigenvalue weighted by atomic mass is 10.2. The molecule has 0 atom stereocenters. The predicted octanol–water partition coefficient (Wildman–Crippen LogP) is -0.470. The highest BCUT2D eigenvalue weighted by molar-refractivity contribution is 7.89. The monoisotopic (exact) mass is 233 g/mol. The van der Waals surface area contributed by atoms with E-state index in [2.05, 4.69) is 0 Å². The van der Waals surface area contributed by atoms with Crippen LogP contribution in [0.25, 0.3) is 0 Å². The molecule has 1 rings (SSSR count). The zero-order valence-corrected chi connectivity index (χ0v) is 8.06. The highest BCUT2D eigenvalue weighted by atomic mass is 32.2. The van der Waals surface area contributed by atoms with Crippen LogP contribution in [-0.2, 0) is 10.0 Å². The first kappa shape index (κ1) is 11.2. The largest absolute Gasteiger partial charge is 0.505 e. The van der Waals surface area contributed by atoms with E-state index in [0.717, 1.165) is 6.07 Å². The quantitative estimate of drug-likeness (QED) is 0.272. The number of nitrogen functional groups attached to an aromatic ring is 1. The number of non-ortho nitro benzene ring substituents is 1. The fraction of sp³-hybridized carbons (Fsp3) is 0. The highest BCUT2D eigenvalue weighted by Gasteiger charge is 2.20. The minimum absolute atomic E-state index is 0.511. The summed E-state index contributed by atoms with van der Waals surface area (Å²) < 4.78 is 21.9. The van der Waals surface area contributed by atoms with Crippen LogP contribution >= 0.6 is 0 Å². The Labute approximate surface area is 84.3 Å². The Morgan fingerprint density at radius 3 is 2.33 bits per heavy atom. The number of phenolic OH excluding ortho intramolecular Hbond substituents is 1. The Balaban J connectivity index is 3.59. The molecule has 1 aromatic rings. The molecule has 0 saturated heterocycles. The number of nitro benzene ring substituents is 1. The molecule has 0 fully saturated rings. The van der Waals surface area contributed by atoms with Gasteiger partial charge < -0.3 is 10.8 Å². The lowest BCUT2D eigenvalue weighted by molar-refractivity contribution is -0.385. The van der Waals surface area contributed by atoms with Crippen LogP contribution in [0.3, 0.4) is 0 Å². The van der Waals surface area contributed by atoms with Crippen molar-refractivity contribution in [3.63, 3.8) is 0 Å². The van der Waals surface area contributed by atoms with Crippen molar-refractivity contribution in [2.75, 3.05) is 5.73 Å². The van der Waals surface area contributed by atoms with Crippen molar-refractivity contribution in [1.82, 2.24) is 0 Å². The number of rotatable bonds is 2. The van der Waals surface area contributed by atoms with Gasteiger partial charge in [-0.3, -0.25) is 10.1 Å². The van der Waals surface area contributed by atoms with Gasteiger partial charge in [-0.2, -0.15) is 0 Å². The summed E-state index contributed by atoms with van der Waals surface area (Å²) in [6.45, 7) is 0. The van der Waals surface area contributed by atoms with Crippen LogP contribution in [0.15, 0.2) is 17.0 Å². The standard InChI is InChI=1S/C6H7N3O5S/c7-6-4(10)1-3(9(11)12)2-5(6)15(8,13)14/h1-2,10H,7H2,(H2,8,13,14). The van der Waals surface area contributed by atoms with E-state index in [1.54, 1.807) is 0 Å². The summed E-state index contributed by atoms with van der Waals surface area (Å²) in [6, 6.07) is 1.42. The van der Waals surface area contributed by atoms with Gasteiger partial charge in [0.2, 0.25) is 10.0 Å². The van der Waals surface area contributed by atoms with Crippen molar-refractivity contribution in [2.45, 2.75) is 4.90 Å². The van der Waals surface area contributed by atoms with Gasteiger partial charge in [0.1, 0.15) is 10.6 Å². The third-order valence-corrected chi connectivity index (χ3v) is 2.57. The molecule has 9 heteroatoms. The molecule has 0 unspecified atom stereocenters. The van der Waals surface area contributed by atoms with Gasteiger partial charge in [-0.25, -0.2) is 13.6 Å². The van der Waals surface area contributed by atoms with E-state index in [1.807, 2.05) is 0 Å². The Kier molecular flexibility index (Phi) is 2.51. The van der Waals surface area contributed by atoms with Crippen molar-refractivity contribution in [1.29, 1.82) is 0 Å². The van der Waals surface area contributed by atoms with Crippen LogP contribution in [0.1, 0.15) is 0 Å². The van der Waals surface area contributed by atoms with Gasteiger partial charge >= 0.3 is 0 Å². The maximum absolute atomic E-state index is 10.9. The fourth-order valence-corrected chi connectivity index (χ4v) is 1.63. The number of sulfonamides is 1. The zero-order valence-electron chi connectivity index (χ0n) is 7.25.